The smallest absolute Gasteiger partial charge is 0.336 e. The van der Waals surface area contributed by atoms with Gasteiger partial charge in [-0.05, 0) is 17.0 Å². The van der Waals surface area contributed by atoms with Gasteiger partial charge in [0.05, 0.1) is 11.4 Å². The standard InChI is InChI=1S/C18H18N4O2S/c23-17(15-7-4-12-25-15)20-9-8-16-19-22(18(24)21(16)11-10-20)13-14-5-2-1-3-6-14/h1-7,12H,8-11,13H2. The van der Waals surface area contributed by atoms with E-state index in [0.29, 0.717) is 32.6 Å². The van der Waals surface area contributed by atoms with Crippen molar-refractivity contribution in [3.63, 3.8) is 0 Å². The molecule has 4 rings (SSSR count). The molecule has 1 amide bonds. The van der Waals surface area contributed by atoms with E-state index in [4.69, 9.17) is 0 Å². The summed E-state index contributed by atoms with van der Waals surface area (Å²) in [5.41, 5.74) is 0.941. The molecule has 0 aliphatic carbocycles. The van der Waals surface area contributed by atoms with Gasteiger partial charge in [-0.1, -0.05) is 36.4 Å². The number of carbonyl (C=O) groups is 1. The first-order valence-corrected chi connectivity index (χ1v) is 9.13. The van der Waals surface area contributed by atoms with E-state index in [1.807, 2.05) is 52.7 Å². The SMILES string of the molecule is O=C(c1cccs1)N1CCc2nn(Cc3ccccc3)c(=O)n2CC1. The Labute approximate surface area is 148 Å². The van der Waals surface area contributed by atoms with Crippen LogP contribution in [0.1, 0.15) is 21.1 Å². The first-order chi connectivity index (χ1) is 12.2. The molecule has 0 radical (unpaired) electrons. The van der Waals surface area contributed by atoms with Gasteiger partial charge in [-0.15, -0.1) is 11.3 Å². The summed E-state index contributed by atoms with van der Waals surface area (Å²) in [4.78, 5) is 27.7. The van der Waals surface area contributed by atoms with Crippen LogP contribution >= 0.6 is 11.3 Å². The second kappa shape index (κ2) is 6.68. The van der Waals surface area contributed by atoms with Crippen molar-refractivity contribution in [1.29, 1.82) is 0 Å². The summed E-state index contributed by atoms with van der Waals surface area (Å²) in [5.74, 6) is 0.785. The number of hydrogen-bond donors (Lipinski definition) is 0. The molecule has 7 heteroatoms. The summed E-state index contributed by atoms with van der Waals surface area (Å²) < 4.78 is 3.21. The second-order valence-corrected chi connectivity index (χ2v) is 6.96. The van der Waals surface area contributed by atoms with Gasteiger partial charge in [0, 0.05) is 26.1 Å². The van der Waals surface area contributed by atoms with E-state index in [1.54, 1.807) is 4.57 Å². The van der Waals surface area contributed by atoms with Crippen LogP contribution in [-0.4, -0.2) is 38.2 Å². The molecule has 0 saturated heterocycles. The fourth-order valence-corrected chi connectivity index (χ4v) is 3.77. The highest BCUT2D eigenvalue weighted by Crippen LogP contribution is 2.14. The lowest BCUT2D eigenvalue weighted by molar-refractivity contribution is 0.0763. The molecule has 128 valence electrons. The minimum atomic E-state index is -0.107. The summed E-state index contributed by atoms with van der Waals surface area (Å²) in [6.07, 6.45) is 0.591. The maximum Gasteiger partial charge on any atom is 0.346 e. The monoisotopic (exact) mass is 354 g/mol. The minimum Gasteiger partial charge on any atom is -0.336 e. The maximum atomic E-state index is 12.6. The average Bonchev–Trinajstić information content (AvgIpc) is 3.20. The number of nitrogens with zero attached hydrogens (tertiary/aromatic N) is 4. The second-order valence-electron chi connectivity index (χ2n) is 6.01. The highest BCUT2D eigenvalue weighted by Gasteiger charge is 2.23. The molecule has 0 N–H and O–H groups in total. The van der Waals surface area contributed by atoms with Crippen molar-refractivity contribution in [3.05, 3.63) is 74.6 Å². The van der Waals surface area contributed by atoms with E-state index in [9.17, 15) is 9.59 Å². The molecule has 0 unspecified atom stereocenters. The molecule has 0 saturated carbocycles. The lowest BCUT2D eigenvalue weighted by Crippen LogP contribution is -2.34. The fraction of sp³-hybridized carbons (Fsp3) is 0.278. The van der Waals surface area contributed by atoms with Crippen molar-refractivity contribution >= 4 is 17.2 Å². The zero-order chi connectivity index (χ0) is 17.2. The average molecular weight is 354 g/mol. The van der Waals surface area contributed by atoms with Crippen LogP contribution in [0.15, 0.2) is 52.6 Å². The van der Waals surface area contributed by atoms with Crippen LogP contribution in [0.5, 0.6) is 0 Å². The van der Waals surface area contributed by atoms with Crippen molar-refractivity contribution < 1.29 is 4.79 Å². The quantitative estimate of drug-likeness (QED) is 0.721. The van der Waals surface area contributed by atoms with Crippen molar-refractivity contribution in [2.24, 2.45) is 0 Å². The van der Waals surface area contributed by atoms with E-state index < -0.39 is 0 Å². The minimum absolute atomic E-state index is 0.0327. The Bertz CT molecular complexity index is 928. The van der Waals surface area contributed by atoms with Gasteiger partial charge in [0.15, 0.2) is 0 Å². The molecule has 1 aromatic carbocycles. The van der Waals surface area contributed by atoms with Gasteiger partial charge in [-0.25, -0.2) is 9.48 Å². The summed E-state index contributed by atoms with van der Waals surface area (Å²) in [6, 6.07) is 13.5. The van der Waals surface area contributed by atoms with Gasteiger partial charge in [-0.2, -0.15) is 5.10 Å². The highest BCUT2D eigenvalue weighted by molar-refractivity contribution is 7.12. The first-order valence-electron chi connectivity index (χ1n) is 8.25. The van der Waals surface area contributed by atoms with Crippen molar-refractivity contribution in [2.45, 2.75) is 19.5 Å². The predicted octanol–water partition coefficient (Wildman–Crippen LogP) is 1.85. The zero-order valence-corrected chi connectivity index (χ0v) is 14.5. The maximum absolute atomic E-state index is 12.6. The molecule has 3 heterocycles. The van der Waals surface area contributed by atoms with Crippen LogP contribution in [0.25, 0.3) is 0 Å². The third kappa shape index (κ3) is 3.15. The fourth-order valence-electron chi connectivity index (χ4n) is 3.08. The van der Waals surface area contributed by atoms with Crippen LogP contribution in [0.4, 0.5) is 0 Å². The molecule has 3 aromatic rings. The number of thiophene rings is 1. The number of carbonyl (C=O) groups excluding carboxylic acids is 1. The summed E-state index contributed by atoms with van der Waals surface area (Å²) >= 11 is 1.44. The molecular formula is C18H18N4O2S. The summed E-state index contributed by atoms with van der Waals surface area (Å²) in [7, 11) is 0. The zero-order valence-electron chi connectivity index (χ0n) is 13.7. The lowest BCUT2D eigenvalue weighted by Gasteiger charge is -2.18. The number of benzene rings is 1. The largest absolute Gasteiger partial charge is 0.346 e. The summed E-state index contributed by atoms with van der Waals surface area (Å²) in [6.45, 7) is 2.07. The first kappa shape index (κ1) is 15.8. The lowest BCUT2D eigenvalue weighted by atomic mass is 10.2. The molecule has 1 aliphatic heterocycles. The van der Waals surface area contributed by atoms with Gasteiger partial charge in [-0.3, -0.25) is 9.36 Å². The van der Waals surface area contributed by atoms with E-state index >= 15 is 0 Å². The normalized spacial score (nSPS) is 14.2. The van der Waals surface area contributed by atoms with Gasteiger partial charge >= 0.3 is 5.69 Å². The topological polar surface area (TPSA) is 60.1 Å². The van der Waals surface area contributed by atoms with Crippen LogP contribution < -0.4 is 5.69 Å². The number of fused-ring (bicyclic) bond motifs is 1. The van der Waals surface area contributed by atoms with Gasteiger partial charge in [0.1, 0.15) is 5.82 Å². The van der Waals surface area contributed by atoms with Crippen LogP contribution in [0.3, 0.4) is 0 Å². The third-order valence-corrected chi connectivity index (χ3v) is 5.25. The van der Waals surface area contributed by atoms with E-state index in [0.717, 1.165) is 16.3 Å². The Morgan fingerprint density at radius 3 is 2.68 bits per heavy atom. The van der Waals surface area contributed by atoms with Crippen LogP contribution in [0, 0.1) is 0 Å². The number of hydrogen-bond acceptors (Lipinski definition) is 4. The molecule has 2 aromatic heterocycles. The highest BCUT2D eigenvalue weighted by atomic mass is 32.1. The molecule has 0 fully saturated rings. The van der Waals surface area contributed by atoms with Crippen LogP contribution in [-0.2, 0) is 19.5 Å². The van der Waals surface area contributed by atoms with E-state index in [2.05, 4.69) is 5.10 Å². The Morgan fingerprint density at radius 2 is 1.92 bits per heavy atom. The molecular weight excluding hydrogens is 336 g/mol. The molecule has 25 heavy (non-hydrogen) atoms. The Morgan fingerprint density at radius 1 is 1.08 bits per heavy atom. The number of rotatable bonds is 3. The van der Waals surface area contributed by atoms with E-state index in [1.165, 1.54) is 16.0 Å². The number of amides is 1. The Hall–Kier alpha value is -2.67. The van der Waals surface area contributed by atoms with Crippen molar-refractivity contribution in [3.8, 4) is 0 Å². The van der Waals surface area contributed by atoms with Crippen molar-refractivity contribution in [1.82, 2.24) is 19.2 Å². The number of aromatic nitrogens is 3. The van der Waals surface area contributed by atoms with Crippen molar-refractivity contribution in [2.75, 3.05) is 13.1 Å². The molecule has 1 aliphatic rings. The molecule has 0 spiro atoms. The van der Waals surface area contributed by atoms with Crippen LogP contribution in [0.2, 0.25) is 0 Å². The van der Waals surface area contributed by atoms with Gasteiger partial charge in [0.2, 0.25) is 0 Å². The summed E-state index contributed by atoms with van der Waals surface area (Å²) in [5, 5.41) is 6.40. The Balaban J connectivity index is 1.52. The van der Waals surface area contributed by atoms with Gasteiger partial charge in [0.25, 0.3) is 5.91 Å². The molecule has 6 nitrogen and oxygen atoms in total. The molecule has 0 bridgehead atoms. The Kier molecular flexibility index (Phi) is 4.23. The van der Waals surface area contributed by atoms with E-state index in [-0.39, 0.29) is 11.6 Å². The predicted molar refractivity (Wildman–Crippen MR) is 96.0 cm³/mol. The third-order valence-electron chi connectivity index (χ3n) is 4.39. The molecule has 0 atom stereocenters. The van der Waals surface area contributed by atoms with Gasteiger partial charge < -0.3 is 4.90 Å².